The molecule has 9 heteroatoms. The molecule has 0 aliphatic heterocycles. The van der Waals surface area contributed by atoms with Crippen LogP contribution >= 0.6 is 0 Å². The number of hydrogen-bond donors (Lipinski definition) is 5. The molecule has 0 rings (SSSR count). The molecular weight excluding hydrogens is 230 g/mol. The van der Waals surface area contributed by atoms with Crippen LogP contribution in [0.1, 0.15) is 0 Å². The van der Waals surface area contributed by atoms with Gasteiger partial charge in [-0.15, -0.1) is 0 Å². The first-order valence-electron chi connectivity index (χ1n) is 4.11. The molecule has 0 saturated heterocycles. The molecule has 0 spiro atoms. The maximum Gasteiger partial charge on any atom is 0.336 e. The Morgan fingerprint density at radius 1 is 1.00 bits per heavy atom. The summed E-state index contributed by atoms with van der Waals surface area (Å²) in [6.07, 6.45) is -2.73. The van der Waals surface area contributed by atoms with Gasteiger partial charge in [-0.2, -0.15) is 12.7 Å². The molecule has 0 bridgehead atoms. The maximum atomic E-state index is 10.7. The molecule has 8 nitrogen and oxygen atoms in total. The summed E-state index contributed by atoms with van der Waals surface area (Å²) in [7, 11) is -4.58. The van der Waals surface area contributed by atoms with Gasteiger partial charge in [-0.1, -0.05) is 0 Å². The molecule has 0 aromatic heterocycles. The van der Waals surface area contributed by atoms with Crippen molar-refractivity contribution in [3.05, 3.63) is 0 Å². The molecule has 0 fully saturated rings. The fraction of sp³-hybridized carbons (Fsp3) is 1.00. The number of aliphatic hydroxyl groups is 4. The Morgan fingerprint density at radius 2 is 1.33 bits per heavy atom. The van der Waals surface area contributed by atoms with Crippen molar-refractivity contribution in [3.63, 3.8) is 0 Å². The van der Waals surface area contributed by atoms with Gasteiger partial charge >= 0.3 is 10.3 Å². The van der Waals surface area contributed by atoms with Gasteiger partial charge in [0, 0.05) is 13.1 Å². The third kappa shape index (κ3) is 5.99. The summed E-state index contributed by atoms with van der Waals surface area (Å²) in [5, 5.41) is 34.9. The quantitative estimate of drug-likeness (QED) is 0.298. The smallest absolute Gasteiger partial charge is 0.336 e. The summed E-state index contributed by atoms with van der Waals surface area (Å²) in [6.45, 7) is -2.48. The van der Waals surface area contributed by atoms with Crippen LogP contribution in [0.3, 0.4) is 0 Å². The lowest BCUT2D eigenvalue weighted by molar-refractivity contribution is 0.0469. The van der Waals surface area contributed by atoms with Crippen molar-refractivity contribution in [2.24, 2.45) is 0 Å². The molecular formula is C6H15NO7S. The predicted molar refractivity (Wildman–Crippen MR) is 49.3 cm³/mol. The van der Waals surface area contributed by atoms with Crippen molar-refractivity contribution in [1.82, 2.24) is 4.31 Å². The second-order valence-electron chi connectivity index (χ2n) is 2.97. The second-order valence-corrected chi connectivity index (χ2v) is 4.38. The van der Waals surface area contributed by atoms with Crippen molar-refractivity contribution in [2.75, 3.05) is 26.3 Å². The third-order valence-electron chi connectivity index (χ3n) is 1.58. The Kier molecular flexibility index (Phi) is 6.20. The third-order valence-corrected chi connectivity index (χ3v) is 2.53. The average molecular weight is 245 g/mol. The first-order valence-corrected chi connectivity index (χ1v) is 5.51. The SMILES string of the molecule is O=S(=O)(O)N(CC(O)CO)CC(O)CO. The monoisotopic (exact) mass is 245 g/mol. The van der Waals surface area contributed by atoms with E-state index in [0.29, 0.717) is 4.31 Å². The van der Waals surface area contributed by atoms with Crippen LogP contribution in [0.25, 0.3) is 0 Å². The fourth-order valence-corrected chi connectivity index (χ4v) is 1.57. The van der Waals surface area contributed by atoms with Gasteiger partial charge in [-0.05, 0) is 0 Å². The second kappa shape index (κ2) is 6.33. The lowest BCUT2D eigenvalue weighted by Crippen LogP contribution is -2.43. The van der Waals surface area contributed by atoms with Crippen LogP contribution < -0.4 is 0 Å². The molecule has 0 aromatic carbocycles. The normalized spacial score (nSPS) is 16.7. The molecule has 15 heavy (non-hydrogen) atoms. The zero-order valence-electron chi connectivity index (χ0n) is 7.89. The Bertz CT molecular complexity index is 255. The highest BCUT2D eigenvalue weighted by molar-refractivity contribution is 7.83. The highest BCUT2D eigenvalue weighted by Crippen LogP contribution is 2.01. The lowest BCUT2D eigenvalue weighted by Gasteiger charge is -2.22. The topological polar surface area (TPSA) is 139 Å². The van der Waals surface area contributed by atoms with Crippen molar-refractivity contribution >= 4 is 10.3 Å². The van der Waals surface area contributed by atoms with E-state index in [2.05, 4.69) is 0 Å². The average Bonchev–Trinajstić information content (AvgIpc) is 2.14. The van der Waals surface area contributed by atoms with Gasteiger partial charge < -0.3 is 20.4 Å². The van der Waals surface area contributed by atoms with Gasteiger partial charge in [0.2, 0.25) is 0 Å². The molecule has 0 aliphatic carbocycles. The zero-order chi connectivity index (χ0) is 12.1. The van der Waals surface area contributed by atoms with E-state index in [1.807, 2.05) is 0 Å². The molecule has 2 atom stereocenters. The Hall–Kier alpha value is -0.290. The van der Waals surface area contributed by atoms with Gasteiger partial charge in [0.25, 0.3) is 0 Å². The molecule has 92 valence electrons. The Labute approximate surface area is 87.3 Å². The number of aliphatic hydroxyl groups excluding tert-OH is 4. The van der Waals surface area contributed by atoms with Gasteiger partial charge in [0.05, 0.1) is 25.4 Å². The maximum absolute atomic E-state index is 10.7. The van der Waals surface area contributed by atoms with Gasteiger partial charge in [-0.25, -0.2) is 0 Å². The Balaban J connectivity index is 4.47. The van der Waals surface area contributed by atoms with Gasteiger partial charge in [0.15, 0.2) is 0 Å². The molecule has 0 heterocycles. The van der Waals surface area contributed by atoms with E-state index in [1.165, 1.54) is 0 Å². The minimum atomic E-state index is -4.58. The highest BCUT2D eigenvalue weighted by Gasteiger charge is 2.24. The summed E-state index contributed by atoms with van der Waals surface area (Å²) in [6, 6.07) is 0. The van der Waals surface area contributed by atoms with Crippen LogP contribution in [0.15, 0.2) is 0 Å². The van der Waals surface area contributed by atoms with Gasteiger partial charge in [0.1, 0.15) is 0 Å². The van der Waals surface area contributed by atoms with Crippen LogP contribution in [-0.2, 0) is 10.3 Å². The summed E-state index contributed by atoms with van der Waals surface area (Å²) >= 11 is 0. The number of rotatable bonds is 7. The minimum Gasteiger partial charge on any atom is -0.394 e. The van der Waals surface area contributed by atoms with Crippen molar-refractivity contribution in [1.29, 1.82) is 0 Å². The predicted octanol–water partition coefficient (Wildman–Crippen LogP) is -3.20. The van der Waals surface area contributed by atoms with E-state index in [0.717, 1.165) is 0 Å². The molecule has 0 aliphatic rings. The number of nitrogens with zero attached hydrogens (tertiary/aromatic N) is 1. The van der Waals surface area contributed by atoms with Crippen LogP contribution in [0, 0.1) is 0 Å². The summed E-state index contributed by atoms with van der Waals surface area (Å²) in [5.41, 5.74) is 0. The highest BCUT2D eigenvalue weighted by atomic mass is 32.2. The van der Waals surface area contributed by atoms with Crippen molar-refractivity contribution < 1.29 is 33.4 Å². The first kappa shape index (κ1) is 14.7. The van der Waals surface area contributed by atoms with Crippen LogP contribution in [0.4, 0.5) is 0 Å². The largest absolute Gasteiger partial charge is 0.394 e. The zero-order valence-corrected chi connectivity index (χ0v) is 8.71. The van der Waals surface area contributed by atoms with E-state index in [4.69, 9.17) is 25.0 Å². The number of hydrogen-bond acceptors (Lipinski definition) is 6. The Morgan fingerprint density at radius 3 is 1.53 bits per heavy atom. The van der Waals surface area contributed by atoms with Gasteiger partial charge in [-0.3, -0.25) is 4.55 Å². The van der Waals surface area contributed by atoms with E-state index in [9.17, 15) is 8.42 Å². The van der Waals surface area contributed by atoms with Crippen molar-refractivity contribution in [3.8, 4) is 0 Å². The summed E-state index contributed by atoms with van der Waals surface area (Å²) in [5.74, 6) is 0. The van der Waals surface area contributed by atoms with Crippen molar-refractivity contribution in [2.45, 2.75) is 12.2 Å². The summed E-state index contributed by atoms with van der Waals surface area (Å²) in [4.78, 5) is 0. The van der Waals surface area contributed by atoms with E-state index >= 15 is 0 Å². The standard InChI is InChI=1S/C6H15NO7S/c8-3-5(10)1-7(15(12,13)14)2-6(11)4-9/h5-6,8-11H,1-4H2,(H,12,13,14). The van der Waals surface area contributed by atoms with E-state index < -0.39 is 48.8 Å². The molecule has 5 N–H and O–H groups in total. The van der Waals surface area contributed by atoms with Crippen LogP contribution in [0.2, 0.25) is 0 Å². The first-order chi connectivity index (χ1) is 6.81. The molecule has 2 unspecified atom stereocenters. The molecule has 0 radical (unpaired) electrons. The molecule has 0 aromatic rings. The van der Waals surface area contributed by atoms with E-state index in [-0.39, 0.29) is 0 Å². The fourth-order valence-electron chi connectivity index (χ4n) is 0.849. The summed E-state index contributed by atoms with van der Waals surface area (Å²) < 4.78 is 30.5. The van der Waals surface area contributed by atoms with Crippen LogP contribution in [0.5, 0.6) is 0 Å². The minimum absolute atomic E-state index is 0.356. The molecule has 0 saturated carbocycles. The molecule has 0 amide bonds. The van der Waals surface area contributed by atoms with Crippen LogP contribution in [-0.4, -0.2) is 76.2 Å². The van der Waals surface area contributed by atoms with E-state index in [1.54, 1.807) is 0 Å². The lowest BCUT2D eigenvalue weighted by atomic mass is 10.3.